The average molecular weight is 250 g/mol. The number of nitrogens with zero attached hydrogens (tertiary/aromatic N) is 1. The summed E-state index contributed by atoms with van der Waals surface area (Å²) in [5, 5.41) is 9.46. The first-order valence-corrected chi connectivity index (χ1v) is 5.58. The van der Waals surface area contributed by atoms with Crippen molar-refractivity contribution in [3.05, 3.63) is 0 Å². The Labute approximate surface area is 87.2 Å². The van der Waals surface area contributed by atoms with Gasteiger partial charge in [-0.25, -0.2) is 0 Å². The van der Waals surface area contributed by atoms with Crippen LogP contribution in [-0.4, -0.2) is 39.9 Å². The third kappa shape index (κ3) is 2.44. The molecule has 1 fully saturated rings. The van der Waals surface area contributed by atoms with Gasteiger partial charge in [0.15, 0.2) is 0 Å². The summed E-state index contributed by atoms with van der Waals surface area (Å²) in [4.78, 5) is 13.3. The van der Waals surface area contributed by atoms with Gasteiger partial charge in [-0.3, -0.25) is 4.79 Å². The van der Waals surface area contributed by atoms with Crippen LogP contribution >= 0.6 is 15.9 Å². The first kappa shape index (κ1) is 11.0. The third-order valence-corrected chi connectivity index (χ3v) is 3.55. The number of carbonyl (C=O) groups is 1. The molecule has 0 aromatic rings. The minimum absolute atomic E-state index is 0.0926. The van der Waals surface area contributed by atoms with E-state index in [9.17, 15) is 9.90 Å². The van der Waals surface area contributed by atoms with Gasteiger partial charge in [-0.2, -0.15) is 0 Å². The largest absolute Gasteiger partial charge is 0.391 e. The molecule has 76 valence electrons. The Bertz CT molecular complexity index is 188. The number of carbonyl (C=O) groups excluding carboxylic acids is 1. The van der Waals surface area contributed by atoms with Crippen LogP contribution in [0.15, 0.2) is 0 Å². The molecule has 0 radical (unpaired) electrons. The number of aliphatic hydroxyl groups is 1. The van der Waals surface area contributed by atoms with E-state index < -0.39 is 0 Å². The first-order chi connectivity index (χ1) is 6.06. The number of likely N-dealkylation sites (tertiary alicyclic amines) is 1. The van der Waals surface area contributed by atoms with Crippen molar-refractivity contribution in [3.63, 3.8) is 0 Å². The molecule has 3 nitrogen and oxygen atoms in total. The van der Waals surface area contributed by atoms with E-state index in [1.807, 2.05) is 13.8 Å². The van der Waals surface area contributed by atoms with E-state index in [2.05, 4.69) is 15.9 Å². The van der Waals surface area contributed by atoms with Gasteiger partial charge in [0.2, 0.25) is 5.91 Å². The van der Waals surface area contributed by atoms with Gasteiger partial charge in [0, 0.05) is 19.0 Å². The van der Waals surface area contributed by atoms with Crippen molar-refractivity contribution in [2.45, 2.75) is 31.2 Å². The predicted molar refractivity (Wildman–Crippen MR) is 54.8 cm³/mol. The Morgan fingerprint density at radius 1 is 1.69 bits per heavy atom. The number of alkyl halides is 1. The summed E-state index contributed by atoms with van der Waals surface area (Å²) in [7, 11) is 0. The number of β-amino-alcohol motifs (C(OH)–C–C–N with tert-alkyl or cyclic N) is 1. The minimum atomic E-state index is -0.347. The lowest BCUT2D eigenvalue weighted by Crippen LogP contribution is -2.35. The number of rotatable bonds is 2. The molecule has 1 amide bonds. The maximum absolute atomic E-state index is 11.6. The van der Waals surface area contributed by atoms with E-state index in [0.717, 1.165) is 6.42 Å². The molecule has 1 aliphatic rings. The normalized spacial score (nSPS) is 30.6. The van der Waals surface area contributed by atoms with Gasteiger partial charge in [0.05, 0.1) is 10.9 Å². The quantitative estimate of drug-likeness (QED) is 0.743. The van der Waals surface area contributed by atoms with Crippen LogP contribution in [0.1, 0.15) is 20.3 Å². The smallest absolute Gasteiger partial charge is 0.236 e. The summed E-state index contributed by atoms with van der Waals surface area (Å²) in [6, 6.07) is 0. The molecule has 1 aliphatic heterocycles. The predicted octanol–water partition coefficient (Wildman–Crippen LogP) is 0.999. The van der Waals surface area contributed by atoms with Crippen LogP contribution in [0.4, 0.5) is 0 Å². The van der Waals surface area contributed by atoms with Crippen LogP contribution in [0.25, 0.3) is 0 Å². The topological polar surface area (TPSA) is 40.5 Å². The summed E-state index contributed by atoms with van der Waals surface area (Å²) in [5.41, 5.74) is 0. The number of halogens is 1. The zero-order valence-corrected chi connectivity index (χ0v) is 9.62. The summed E-state index contributed by atoms with van der Waals surface area (Å²) in [5.74, 6) is 0.311. The third-order valence-electron chi connectivity index (χ3n) is 2.51. The Kier molecular flexibility index (Phi) is 3.74. The van der Waals surface area contributed by atoms with Crippen molar-refractivity contribution in [1.29, 1.82) is 0 Å². The Morgan fingerprint density at radius 2 is 2.31 bits per heavy atom. The highest BCUT2D eigenvalue weighted by atomic mass is 79.9. The molecular weight excluding hydrogens is 234 g/mol. The van der Waals surface area contributed by atoms with E-state index in [1.54, 1.807) is 4.90 Å². The lowest BCUT2D eigenvalue weighted by atomic mass is 10.1. The van der Waals surface area contributed by atoms with Crippen LogP contribution in [-0.2, 0) is 4.79 Å². The fourth-order valence-corrected chi connectivity index (χ4v) is 1.79. The number of hydrogen-bond donors (Lipinski definition) is 1. The zero-order chi connectivity index (χ0) is 10.0. The Balaban J connectivity index is 2.50. The van der Waals surface area contributed by atoms with E-state index >= 15 is 0 Å². The van der Waals surface area contributed by atoms with Crippen molar-refractivity contribution in [3.8, 4) is 0 Å². The lowest BCUT2D eigenvalue weighted by molar-refractivity contribution is -0.129. The molecule has 0 spiro atoms. The molecule has 13 heavy (non-hydrogen) atoms. The van der Waals surface area contributed by atoms with Gasteiger partial charge >= 0.3 is 0 Å². The second kappa shape index (κ2) is 4.42. The van der Waals surface area contributed by atoms with E-state index in [0.29, 0.717) is 13.1 Å². The van der Waals surface area contributed by atoms with Crippen molar-refractivity contribution >= 4 is 21.8 Å². The summed E-state index contributed by atoms with van der Waals surface area (Å²) in [6.45, 7) is 5.10. The molecule has 0 aromatic carbocycles. The van der Waals surface area contributed by atoms with E-state index in [1.165, 1.54) is 0 Å². The Morgan fingerprint density at radius 3 is 2.69 bits per heavy atom. The molecule has 1 heterocycles. The molecular formula is C9H16BrNO2. The highest BCUT2D eigenvalue weighted by Crippen LogP contribution is 2.19. The molecule has 3 atom stereocenters. The molecule has 0 saturated carbocycles. The molecule has 0 aromatic heterocycles. The summed E-state index contributed by atoms with van der Waals surface area (Å²) < 4.78 is 0. The van der Waals surface area contributed by atoms with Crippen LogP contribution in [0.3, 0.4) is 0 Å². The van der Waals surface area contributed by atoms with Gasteiger partial charge in [0.25, 0.3) is 0 Å². The number of hydrogen-bond acceptors (Lipinski definition) is 2. The monoisotopic (exact) mass is 249 g/mol. The van der Waals surface area contributed by atoms with Gasteiger partial charge in [0.1, 0.15) is 0 Å². The summed E-state index contributed by atoms with van der Waals surface area (Å²) >= 11 is 3.32. The maximum atomic E-state index is 11.6. The standard InChI is InChI=1S/C9H16BrNO2/c1-3-7(10)9(13)11-4-6(2)8(12)5-11/h6-8,12H,3-5H2,1-2H3. The molecule has 0 aliphatic carbocycles. The Hall–Kier alpha value is -0.0900. The van der Waals surface area contributed by atoms with Crippen molar-refractivity contribution in [1.82, 2.24) is 4.90 Å². The minimum Gasteiger partial charge on any atom is -0.391 e. The fourth-order valence-electron chi connectivity index (χ4n) is 1.50. The molecule has 3 unspecified atom stereocenters. The average Bonchev–Trinajstić information content (AvgIpc) is 2.44. The molecule has 1 rings (SSSR count). The van der Waals surface area contributed by atoms with Crippen LogP contribution in [0.2, 0.25) is 0 Å². The SMILES string of the molecule is CCC(Br)C(=O)N1CC(C)C(O)C1. The van der Waals surface area contributed by atoms with Crippen LogP contribution in [0, 0.1) is 5.92 Å². The number of aliphatic hydroxyl groups excluding tert-OH is 1. The summed E-state index contributed by atoms with van der Waals surface area (Å²) in [6.07, 6.45) is 0.445. The van der Waals surface area contributed by atoms with E-state index in [-0.39, 0.29) is 22.8 Å². The number of amides is 1. The van der Waals surface area contributed by atoms with Gasteiger partial charge in [-0.05, 0) is 6.42 Å². The van der Waals surface area contributed by atoms with Crippen LogP contribution in [0.5, 0.6) is 0 Å². The lowest BCUT2D eigenvalue weighted by Gasteiger charge is -2.18. The molecule has 0 bridgehead atoms. The fraction of sp³-hybridized carbons (Fsp3) is 0.889. The second-order valence-corrected chi connectivity index (χ2v) is 4.77. The second-order valence-electron chi connectivity index (χ2n) is 3.66. The highest BCUT2D eigenvalue weighted by Gasteiger charge is 2.32. The molecule has 4 heteroatoms. The molecule has 1 saturated heterocycles. The highest BCUT2D eigenvalue weighted by molar-refractivity contribution is 9.10. The maximum Gasteiger partial charge on any atom is 0.236 e. The van der Waals surface area contributed by atoms with Gasteiger partial charge < -0.3 is 10.0 Å². The van der Waals surface area contributed by atoms with E-state index in [4.69, 9.17) is 0 Å². The van der Waals surface area contributed by atoms with Crippen molar-refractivity contribution < 1.29 is 9.90 Å². The van der Waals surface area contributed by atoms with Gasteiger partial charge in [-0.15, -0.1) is 0 Å². The first-order valence-electron chi connectivity index (χ1n) is 4.67. The van der Waals surface area contributed by atoms with Gasteiger partial charge in [-0.1, -0.05) is 29.8 Å². The molecule has 1 N–H and O–H groups in total. The zero-order valence-electron chi connectivity index (χ0n) is 8.03. The van der Waals surface area contributed by atoms with Crippen LogP contribution < -0.4 is 0 Å². The van der Waals surface area contributed by atoms with Crippen molar-refractivity contribution in [2.75, 3.05) is 13.1 Å². The van der Waals surface area contributed by atoms with Crippen molar-refractivity contribution in [2.24, 2.45) is 5.92 Å².